The summed E-state index contributed by atoms with van der Waals surface area (Å²) in [6, 6.07) is 6.04. The lowest BCUT2D eigenvalue weighted by atomic mass is 10.0. The molecule has 1 aromatic carbocycles. The van der Waals surface area contributed by atoms with Crippen molar-refractivity contribution >= 4 is 11.3 Å². The number of nitrogens with one attached hydrogen (secondary N) is 1. The van der Waals surface area contributed by atoms with Crippen molar-refractivity contribution in [3.8, 4) is 0 Å². The highest BCUT2D eigenvalue weighted by molar-refractivity contribution is 7.10. The predicted molar refractivity (Wildman–Crippen MR) is 70.9 cm³/mol. The van der Waals surface area contributed by atoms with Gasteiger partial charge in [0, 0.05) is 4.88 Å². The van der Waals surface area contributed by atoms with Crippen LogP contribution in [0.5, 0.6) is 0 Å². The van der Waals surface area contributed by atoms with Gasteiger partial charge in [0.2, 0.25) is 0 Å². The highest BCUT2D eigenvalue weighted by Gasteiger charge is 2.16. The van der Waals surface area contributed by atoms with Crippen LogP contribution < -0.4 is 5.32 Å². The molecular weight excluding hydrogens is 252 g/mol. The Balaban J connectivity index is 2.37. The zero-order valence-electron chi connectivity index (χ0n) is 10.3. The zero-order valence-corrected chi connectivity index (χ0v) is 11.2. The van der Waals surface area contributed by atoms with Crippen LogP contribution in [0.15, 0.2) is 29.6 Å². The maximum atomic E-state index is 13.3. The highest BCUT2D eigenvalue weighted by Crippen LogP contribution is 2.27. The highest BCUT2D eigenvalue weighted by atomic mass is 32.1. The fourth-order valence-electron chi connectivity index (χ4n) is 1.94. The van der Waals surface area contributed by atoms with Crippen molar-refractivity contribution in [2.75, 3.05) is 6.54 Å². The third-order valence-electron chi connectivity index (χ3n) is 2.77. The average Bonchev–Trinajstić information content (AvgIpc) is 2.76. The molecule has 18 heavy (non-hydrogen) atoms. The van der Waals surface area contributed by atoms with Crippen LogP contribution in [0.25, 0.3) is 0 Å². The first-order chi connectivity index (χ1) is 8.61. The van der Waals surface area contributed by atoms with E-state index in [1.165, 1.54) is 17.0 Å². The Morgan fingerprint density at radius 1 is 1.17 bits per heavy atom. The molecule has 0 saturated heterocycles. The summed E-state index contributed by atoms with van der Waals surface area (Å²) in [5.74, 6) is -1.61. The van der Waals surface area contributed by atoms with Gasteiger partial charge in [-0.15, -0.1) is 11.3 Å². The van der Waals surface area contributed by atoms with Crippen LogP contribution >= 0.6 is 11.3 Å². The molecule has 0 amide bonds. The van der Waals surface area contributed by atoms with E-state index in [1.54, 1.807) is 17.4 Å². The van der Waals surface area contributed by atoms with Crippen molar-refractivity contribution < 1.29 is 8.78 Å². The van der Waals surface area contributed by atoms with Gasteiger partial charge in [0.15, 0.2) is 11.6 Å². The van der Waals surface area contributed by atoms with E-state index in [2.05, 4.69) is 11.4 Å². The average molecular weight is 267 g/mol. The number of rotatable bonds is 4. The van der Waals surface area contributed by atoms with E-state index in [0.717, 1.165) is 17.7 Å². The monoisotopic (exact) mass is 267 g/mol. The minimum absolute atomic E-state index is 0.0879. The summed E-state index contributed by atoms with van der Waals surface area (Å²) in [6.07, 6.45) is 0. The van der Waals surface area contributed by atoms with Gasteiger partial charge in [-0.3, -0.25) is 0 Å². The molecule has 1 nitrogen and oxygen atoms in total. The molecule has 0 spiro atoms. The molecule has 4 heteroatoms. The van der Waals surface area contributed by atoms with Gasteiger partial charge < -0.3 is 5.32 Å². The van der Waals surface area contributed by atoms with Gasteiger partial charge >= 0.3 is 0 Å². The smallest absolute Gasteiger partial charge is 0.159 e. The molecule has 0 aliphatic rings. The summed E-state index contributed by atoms with van der Waals surface area (Å²) >= 11 is 1.65. The molecule has 1 unspecified atom stereocenters. The molecule has 1 N–H and O–H groups in total. The van der Waals surface area contributed by atoms with Gasteiger partial charge in [0.25, 0.3) is 0 Å². The molecule has 1 heterocycles. The zero-order chi connectivity index (χ0) is 13.1. The summed E-state index contributed by atoms with van der Waals surface area (Å²) in [6.45, 7) is 4.78. The molecular formula is C14H15F2NS. The molecule has 2 rings (SSSR count). The van der Waals surface area contributed by atoms with Crippen molar-refractivity contribution in [1.82, 2.24) is 5.32 Å². The number of thiophene rings is 1. The van der Waals surface area contributed by atoms with Crippen LogP contribution in [-0.4, -0.2) is 6.54 Å². The molecule has 0 bridgehead atoms. The van der Waals surface area contributed by atoms with Crippen LogP contribution in [0.2, 0.25) is 0 Å². The normalized spacial score (nSPS) is 12.7. The van der Waals surface area contributed by atoms with Crippen LogP contribution in [0.3, 0.4) is 0 Å². The first kappa shape index (κ1) is 13.2. The number of aryl methyl sites for hydroxylation is 1. The molecule has 2 aromatic rings. The van der Waals surface area contributed by atoms with Crippen LogP contribution in [-0.2, 0) is 0 Å². The van der Waals surface area contributed by atoms with Crippen molar-refractivity contribution in [1.29, 1.82) is 0 Å². The van der Waals surface area contributed by atoms with Gasteiger partial charge in [-0.2, -0.15) is 0 Å². The Kier molecular flexibility index (Phi) is 4.09. The molecule has 0 aliphatic heterocycles. The van der Waals surface area contributed by atoms with E-state index in [1.807, 2.05) is 19.2 Å². The van der Waals surface area contributed by atoms with E-state index in [0.29, 0.717) is 0 Å². The van der Waals surface area contributed by atoms with Crippen molar-refractivity contribution in [2.45, 2.75) is 19.9 Å². The van der Waals surface area contributed by atoms with E-state index in [-0.39, 0.29) is 6.04 Å². The van der Waals surface area contributed by atoms with E-state index < -0.39 is 11.6 Å². The standard InChI is InChI=1S/C14H15F2NS/c1-3-17-14(11-6-9(2)18-8-11)10-4-5-12(15)13(16)7-10/h4-8,14,17H,3H2,1-2H3. The van der Waals surface area contributed by atoms with Gasteiger partial charge in [-0.05, 0) is 48.2 Å². The third-order valence-corrected chi connectivity index (χ3v) is 3.65. The second-order valence-electron chi connectivity index (χ2n) is 4.15. The quantitative estimate of drug-likeness (QED) is 0.881. The Bertz CT molecular complexity index is 536. The summed E-state index contributed by atoms with van der Waals surface area (Å²) in [5, 5.41) is 5.34. The second-order valence-corrected chi connectivity index (χ2v) is 5.27. The molecule has 0 radical (unpaired) electrons. The van der Waals surface area contributed by atoms with E-state index in [9.17, 15) is 8.78 Å². The van der Waals surface area contributed by atoms with Gasteiger partial charge in [0.05, 0.1) is 6.04 Å². The van der Waals surface area contributed by atoms with E-state index >= 15 is 0 Å². The topological polar surface area (TPSA) is 12.0 Å². The largest absolute Gasteiger partial charge is 0.307 e. The Morgan fingerprint density at radius 3 is 2.50 bits per heavy atom. The minimum Gasteiger partial charge on any atom is -0.307 e. The van der Waals surface area contributed by atoms with Crippen molar-refractivity contribution in [3.05, 3.63) is 57.3 Å². The molecule has 1 atom stereocenters. The molecule has 0 aliphatic carbocycles. The maximum Gasteiger partial charge on any atom is 0.159 e. The predicted octanol–water partition coefficient (Wildman–Crippen LogP) is 4.03. The lowest BCUT2D eigenvalue weighted by Gasteiger charge is -2.17. The maximum absolute atomic E-state index is 13.3. The van der Waals surface area contributed by atoms with Crippen molar-refractivity contribution in [3.63, 3.8) is 0 Å². The molecule has 96 valence electrons. The Morgan fingerprint density at radius 2 is 1.94 bits per heavy atom. The van der Waals surface area contributed by atoms with Gasteiger partial charge in [-0.1, -0.05) is 13.0 Å². The van der Waals surface area contributed by atoms with Crippen LogP contribution in [0, 0.1) is 18.6 Å². The number of benzene rings is 1. The minimum atomic E-state index is -0.810. The number of hydrogen-bond acceptors (Lipinski definition) is 2. The molecule has 0 saturated carbocycles. The van der Waals surface area contributed by atoms with Crippen LogP contribution in [0.1, 0.15) is 29.0 Å². The fraction of sp³-hybridized carbons (Fsp3) is 0.286. The lowest BCUT2D eigenvalue weighted by molar-refractivity contribution is 0.504. The molecule has 1 aromatic heterocycles. The summed E-state index contributed by atoms with van der Waals surface area (Å²) in [4.78, 5) is 1.20. The second kappa shape index (κ2) is 5.59. The summed E-state index contributed by atoms with van der Waals surface area (Å²) in [7, 11) is 0. The van der Waals surface area contributed by atoms with Crippen LogP contribution in [0.4, 0.5) is 8.78 Å². The van der Waals surface area contributed by atoms with Gasteiger partial charge in [-0.25, -0.2) is 8.78 Å². The first-order valence-electron chi connectivity index (χ1n) is 5.85. The summed E-state index contributed by atoms with van der Waals surface area (Å²) in [5.41, 5.74) is 1.83. The van der Waals surface area contributed by atoms with E-state index in [4.69, 9.17) is 0 Å². The third kappa shape index (κ3) is 2.76. The summed E-state index contributed by atoms with van der Waals surface area (Å²) < 4.78 is 26.3. The fourth-order valence-corrected chi connectivity index (χ4v) is 2.67. The lowest BCUT2D eigenvalue weighted by Crippen LogP contribution is -2.21. The SMILES string of the molecule is CCNC(c1csc(C)c1)c1ccc(F)c(F)c1. The number of hydrogen-bond donors (Lipinski definition) is 1. The Hall–Kier alpha value is -1.26. The van der Waals surface area contributed by atoms with Gasteiger partial charge in [0.1, 0.15) is 0 Å². The first-order valence-corrected chi connectivity index (χ1v) is 6.73. The number of halogens is 2. The Labute approximate surface area is 109 Å². The van der Waals surface area contributed by atoms with Crippen molar-refractivity contribution in [2.24, 2.45) is 0 Å². The molecule has 0 fully saturated rings.